The van der Waals surface area contributed by atoms with E-state index in [4.69, 9.17) is 0 Å². The van der Waals surface area contributed by atoms with Gasteiger partial charge in [0, 0.05) is 20.9 Å². The number of amides is 1. The number of hydrogen-bond donors (Lipinski definition) is 2. The maximum atomic E-state index is 13.0. The third kappa shape index (κ3) is 4.23. The van der Waals surface area contributed by atoms with E-state index in [9.17, 15) is 15.0 Å². The van der Waals surface area contributed by atoms with E-state index in [-0.39, 0.29) is 5.75 Å². The first-order chi connectivity index (χ1) is 18.6. The number of phenols is 1. The molecule has 2 N–H and O–H groups in total. The number of aromatic hydroxyl groups is 1. The molecule has 6 aromatic carbocycles. The number of phenolic OH excluding ortho intramolecular Hbond substituents is 1. The van der Waals surface area contributed by atoms with Gasteiger partial charge >= 0.3 is 6.09 Å². The van der Waals surface area contributed by atoms with Gasteiger partial charge < -0.3 is 10.2 Å². The molecule has 0 aliphatic carbocycles. The van der Waals surface area contributed by atoms with Crippen molar-refractivity contribution in [2.24, 2.45) is 0 Å². The number of fused-ring (bicyclic) bond motifs is 2. The molecule has 0 saturated heterocycles. The van der Waals surface area contributed by atoms with Gasteiger partial charge in [-0.3, -0.25) is 0 Å². The normalized spacial score (nSPS) is 11.1. The molecule has 6 rings (SSSR count). The molecule has 0 heterocycles. The van der Waals surface area contributed by atoms with Crippen LogP contribution in [0.15, 0.2) is 137 Å². The smallest absolute Gasteiger partial charge is 0.416 e. The Hall–Kier alpha value is -4.74. The Morgan fingerprint density at radius 3 is 1.87 bits per heavy atom. The molecule has 0 unspecified atom stereocenters. The van der Waals surface area contributed by atoms with Crippen molar-refractivity contribution in [3.05, 3.63) is 127 Å². The number of rotatable bonds is 5. The first-order valence-corrected chi connectivity index (χ1v) is 13.0. The standard InChI is InChI=1S/C33H23NO3S/c35-29-21-19-23-11-5-7-15-26(23)32(29)31-25-14-6-4-10-22(25)18-20-28(31)34(33(36)37)27-16-8-9-17-30(27)38-24-12-2-1-3-13-24/h1-21,35H,(H,36,37). The van der Waals surface area contributed by atoms with Gasteiger partial charge in [0.1, 0.15) is 5.75 Å². The highest BCUT2D eigenvalue weighted by molar-refractivity contribution is 7.99. The predicted octanol–water partition coefficient (Wildman–Crippen LogP) is 9.33. The van der Waals surface area contributed by atoms with Gasteiger partial charge in [-0.05, 0) is 57.9 Å². The van der Waals surface area contributed by atoms with Crippen molar-refractivity contribution in [1.29, 1.82) is 0 Å². The Kier molecular flexibility index (Phi) is 6.20. The summed E-state index contributed by atoms with van der Waals surface area (Å²) in [5, 5.41) is 25.5. The van der Waals surface area contributed by atoms with Gasteiger partial charge in [0.05, 0.1) is 11.4 Å². The summed E-state index contributed by atoms with van der Waals surface area (Å²) in [5.74, 6) is 0.0959. The lowest BCUT2D eigenvalue weighted by Crippen LogP contribution is -2.25. The van der Waals surface area contributed by atoms with Crippen LogP contribution in [0.2, 0.25) is 0 Å². The van der Waals surface area contributed by atoms with Gasteiger partial charge in [-0.15, -0.1) is 0 Å². The lowest BCUT2D eigenvalue weighted by Gasteiger charge is -2.26. The van der Waals surface area contributed by atoms with Gasteiger partial charge in [0.15, 0.2) is 0 Å². The van der Waals surface area contributed by atoms with Crippen LogP contribution in [0.5, 0.6) is 5.75 Å². The summed E-state index contributed by atoms with van der Waals surface area (Å²) in [5.41, 5.74) is 2.29. The average molecular weight is 514 g/mol. The number of carboxylic acid groups (broad SMARTS) is 1. The van der Waals surface area contributed by atoms with Crippen LogP contribution in [-0.4, -0.2) is 16.3 Å². The van der Waals surface area contributed by atoms with Crippen molar-refractivity contribution >= 4 is 50.8 Å². The van der Waals surface area contributed by atoms with E-state index in [1.54, 1.807) is 6.07 Å². The summed E-state index contributed by atoms with van der Waals surface area (Å²) in [4.78, 5) is 16.2. The zero-order chi connectivity index (χ0) is 26.1. The van der Waals surface area contributed by atoms with Gasteiger partial charge in [-0.1, -0.05) is 103 Å². The van der Waals surface area contributed by atoms with E-state index in [0.717, 1.165) is 31.3 Å². The van der Waals surface area contributed by atoms with Crippen molar-refractivity contribution < 1.29 is 15.0 Å². The highest BCUT2D eigenvalue weighted by Gasteiger charge is 2.26. The topological polar surface area (TPSA) is 60.8 Å². The molecule has 5 heteroatoms. The van der Waals surface area contributed by atoms with Gasteiger partial charge in [0.25, 0.3) is 0 Å². The molecule has 38 heavy (non-hydrogen) atoms. The van der Waals surface area contributed by atoms with Crippen LogP contribution in [0, 0.1) is 0 Å². The molecule has 1 amide bonds. The van der Waals surface area contributed by atoms with Crippen LogP contribution in [0.1, 0.15) is 0 Å². The van der Waals surface area contributed by atoms with Crippen molar-refractivity contribution in [2.45, 2.75) is 9.79 Å². The van der Waals surface area contributed by atoms with Crippen LogP contribution in [0.25, 0.3) is 32.7 Å². The lowest BCUT2D eigenvalue weighted by molar-refractivity contribution is 0.204. The van der Waals surface area contributed by atoms with Crippen LogP contribution >= 0.6 is 11.8 Å². The fourth-order valence-corrected chi connectivity index (χ4v) is 5.87. The van der Waals surface area contributed by atoms with Gasteiger partial charge in [-0.25, -0.2) is 9.69 Å². The predicted molar refractivity (Wildman–Crippen MR) is 156 cm³/mol. The molecular formula is C33H23NO3S. The quantitative estimate of drug-likeness (QED) is 0.241. The highest BCUT2D eigenvalue weighted by atomic mass is 32.2. The molecule has 0 saturated carbocycles. The molecule has 0 aliphatic rings. The van der Waals surface area contributed by atoms with E-state index >= 15 is 0 Å². The molecule has 0 spiro atoms. The van der Waals surface area contributed by atoms with E-state index in [0.29, 0.717) is 22.5 Å². The Morgan fingerprint density at radius 1 is 0.579 bits per heavy atom. The van der Waals surface area contributed by atoms with Gasteiger partial charge in [0.2, 0.25) is 0 Å². The highest BCUT2D eigenvalue weighted by Crippen LogP contribution is 2.48. The Bertz CT molecular complexity index is 1800. The molecular weight excluding hydrogens is 490 g/mol. The summed E-state index contributed by atoms with van der Waals surface area (Å²) in [6.07, 6.45) is -1.11. The fraction of sp³-hybridized carbons (Fsp3) is 0. The van der Waals surface area contributed by atoms with E-state index in [2.05, 4.69) is 0 Å². The summed E-state index contributed by atoms with van der Waals surface area (Å²) in [7, 11) is 0. The Morgan fingerprint density at radius 2 is 1.16 bits per heavy atom. The minimum absolute atomic E-state index is 0.0959. The van der Waals surface area contributed by atoms with E-state index in [1.165, 1.54) is 16.7 Å². The number of benzene rings is 6. The maximum absolute atomic E-state index is 13.0. The summed E-state index contributed by atoms with van der Waals surface area (Å²) in [6, 6.07) is 40.4. The number of para-hydroxylation sites is 1. The van der Waals surface area contributed by atoms with Crippen molar-refractivity contribution in [3.8, 4) is 16.9 Å². The monoisotopic (exact) mass is 513 g/mol. The summed E-state index contributed by atoms with van der Waals surface area (Å²) in [6.45, 7) is 0. The van der Waals surface area contributed by atoms with Crippen molar-refractivity contribution in [1.82, 2.24) is 0 Å². The Labute approximate surface area is 224 Å². The first kappa shape index (κ1) is 23.6. The maximum Gasteiger partial charge on any atom is 0.416 e. The molecule has 0 aromatic heterocycles. The number of hydrogen-bond acceptors (Lipinski definition) is 3. The van der Waals surface area contributed by atoms with Gasteiger partial charge in [-0.2, -0.15) is 0 Å². The molecule has 4 nitrogen and oxygen atoms in total. The third-order valence-corrected chi connectivity index (χ3v) is 7.65. The molecule has 0 radical (unpaired) electrons. The zero-order valence-corrected chi connectivity index (χ0v) is 21.1. The molecule has 0 aliphatic heterocycles. The second kappa shape index (κ2) is 9.96. The van der Waals surface area contributed by atoms with Crippen LogP contribution in [-0.2, 0) is 0 Å². The summed E-state index contributed by atoms with van der Waals surface area (Å²) >= 11 is 1.51. The molecule has 6 aromatic rings. The fourth-order valence-electron chi connectivity index (χ4n) is 4.91. The van der Waals surface area contributed by atoms with Crippen molar-refractivity contribution in [2.75, 3.05) is 4.90 Å². The van der Waals surface area contributed by atoms with Crippen LogP contribution in [0.4, 0.5) is 16.2 Å². The van der Waals surface area contributed by atoms with Crippen molar-refractivity contribution in [3.63, 3.8) is 0 Å². The molecule has 184 valence electrons. The zero-order valence-electron chi connectivity index (χ0n) is 20.3. The Balaban J connectivity index is 1.65. The SMILES string of the molecule is O=C(O)N(c1ccccc1Sc1ccccc1)c1ccc2ccccc2c1-c1c(O)ccc2ccccc12. The number of carbonyl (C=O) groups is 1. The second-order valence-corrected chi connectivity index (χ2v) is 9.98. The second-order valence-electron chi connectivity index (χ2n) is 8.86. The number of anilines is 2. The van der Waals surface area contributed by atoms with Crippen LogP contribution in [0.3, 0.4) is 0 Å². The minimum Gasteiger partial charge on any atom is -0.507 e. The third-order valence-electron chi connectivity index (χ3n) is 6.57. The summed E-state index contributed by atoms with van der Waals surface area (Å²) < 4.78 is 0. The number of nitrogens with zero attached hydrogens (tertiary/aromatic N) is 1. The molecule has 0 fully saturated rings. The first-order valence-electron chi connectivity index (χ1n) is 12.2. The largest absolute Gasteiger partial charge is 0.507 e. The lowest BCUT2D eigenvalue weighted by atomic mass is 9.91. The van der Waals surface area contributed by atoms with E-state index < -0.39 is 6.09 Å². The molecule has 0 atom stereocenters. The minimum atomic E-state index is -1.11. The molecule has 0 bridgehead atoms. The van der Waals surface area contributed by atoms with E-state index in [1.807, 2.05) is 121 Å². The van der Waals surface area contributed by atoms with Crippen LogP contribution < -0.4 is 4.90 Å². The average Bonchev–Trinajstić information content (AvgIpc) is 2.95.